The number of carbonyl (C=O) groups excluding carboxylic acids is 1. The quantitative estimate of drug-likeness (QED) is 0.712. The number of methoxy groups -OCH3 is 2. The molecule has 3 nitrogen and oxygen atoms in total. The van der Waals surface area contributed by atoms with Crippen molar-refractivity contribution in [1.29, 1.82) is 0 Å². The first-order chi connectivity index (χ1) is 8.13. The number of benzene rings is 1. The van der Waals surface area contributed by atoms with Crippen molar-refractivity contribution in [3.8, 4) is 11.5 Å². The van der Waals surface area contributed by atoms with Crippen molar-refractivity contribution in [3.63, 3.8) is 0 Å². The molecule has 0 bridgehead atoms. The lowest BCUT2D eigenvalue weighted by Crippen LogP contribution is -2.00. The molecule has 0 aliphatic heterocycles. The predicted octanol–water partition coefficient (Wildman–Crippen LogP) is 2.96. The molecule has 1 aromatic carbocycles. The summed E-state index contributed by atoms with van der Waals surface area (Å²) in [4.78, 5) is 10.4. The molecule has 0 aromatic heterocycles. The summed E-state index contributed by atoms with van der Waals surface area (Å²) in [6.07, 6.45) is 2.10. The van der Waals surface area contributed by atoms with Crippen molar-refractivity contribution in [2.75, 3.05) is 14.2 Å². The van der Waals surface area contributed by atoms with E-state index in [-0.39, 0.29) is 0 Å². The number of hydrogen-bond acceptors (Lipinski definition) is 3. The van der Waals surface area contributed by atoms with Crippen LogP contribution in [0.3, 0.4) is 0 Å². The van der Waals surface area contributed by atoms with Crippen LogP contribution in [-0.4, -0.2) is 20.5 Å². The van der Waals surface area contributed by atoms with Crippen LogP contribution >= 0.6 is 0 Å². The first-order valence-electron chi connectivity index (χ1n) is 5.82. The lowest BCUT2D eigenvalue weighted by atomic mass is 9.98. The van der Waals surface area contributed by atoms with Gasteiger partial charge in [0.15, 0.2) is 0 Å². The maximum atomic E-state index is 10.4. The maximum Gasteiger partial charge on any atom is 0.122 e. The molecule has 0 aliphatic rings. The topological polar surface area (TPSA) is 35.5 Å². The maximum absolute atomic E-state index is 10.4. The van der Waals surface area contributed by atoms with Crippen LogP contribution in [0.25, 0.3) is 0 Å². The van der Waals surface area contributed by atoms with Gasteiger partial charge in [0.05, 0.1) is 14.2 Å². The number of carbonyl (C=O) groups is 1. The Hall–Kier alpha value is -1.51. The summed E-state index contributed by atoms with van der Waals surface area (Å²) in [5.74, 6) is 2.07. The molecular formula is C14H20O3. The first kappa shape index (κ1) is 13.6. The van der Waals surface area contributed by atoms with Gasteiger partial charge in [-0.3, -0.25) is 0 Å². The van der Waals surface area contributed by atoms with Crippen LogP contribution < -0.4 is 9.47 Å². The van der Waals surface area contributed by atoms with Gasteiger partial charge in [-0.15, -0.1) is 0 Å². The molecule has 0 saturated carbocycles. The van der Waals surface area contributed by atoms with Crippen molar-refractivity contribution in [3.05, 3.63) is 23.3 Å². The molecular weight excluding hydrogens is 216 g/mol. The number of ether oxygens (including phenoxy) is 2. The fourth-order valence-corrected chi connectivity index (χ4v) is 1.85. The van der Waals surface area contributed by atoms with Crippen molar-refractivity contribution in [1.82, 2.24) is 0 Å². The third-order valence-electron chi connectivity index (χ3n) is 2.79. The lowest BCUT2D eigenvalue weighted by molar-refractivity contribution is -0.107. The number of aldehydes is 1. The van der Waals surface area contributed by atoms with E-state index < -0.39 is 0 Å². The largest absolute Gasteiger partial charge is 0.496 e. The van der Waals surface area contributed by atoms with E-state index >= 15 is 0 Å². The summed E-state index contributed by atoms with van der Waals surface area (Å²) in [5.41, 5.74) is 2.14. The number of hydrogen-bond donors (Lipinski definition) is 0. The highest BCUT2D eigenvalue weighted by Crippen LogP contribution is 2.33. The Labute approximate surface area is 103 Å². The Balaban J connectivity index is 3.17. The molecule has 1 aromatic rings. The minimum absolute atomic E-state index is 0.374. The summed E-state index contributed by atoms with van der Waals surface area (Å²) in [6.45, 7) is 4.23. The molecule has 0 fully saturated rings. The Kier molecular flexibility index (Phi) is 5.01. The van der Waals surface area contributed by atoms with Crippen molar-refractivity contribution in [2.45, 2.75) is 32.6 Å². The Morgan fingerprint density at radius 2 is 1.82 bits per heavy atom. The molecule has 0 saturated heterocycles. The average Bonchev–Trinajstić information content (AvgIpc) is 2.34. The summed E-state index contributed by atoms with van der Waals surface area (Å²) >= 11 is 0. The molecule has 0 amide bonds. The SMILES string of the molecule is COc1cc(C(C)C)c(OC)cc1CCC=O. The lowest BCUT2D eigenvalue weighted by Gasteiger charge is -2.16. The van der Waals surface area contributed by atoms with Crippen LogP contribution in [-0.2, 0) is 11.2 Å². The third-order valence-corrected chi connectivity index (χ3v) is 2.79. The molecule has 0 heterocycles. The second-order valence-corrected chi connectivity index (χ2v) is 4.27. The Bertz CT molecular complexity index is 383. The smallest absolute Gasteiger partial charge is 0.122 e. The molecule has 3 heteroatoms. The van der Waals surface area contributed by atoms with Gasteiger partial charge in [-0.1, -0.05) is 13.8 Å². The van der Waals surface area contributed by atoms with E-state index in [0.29, 0.717) is 18.8 Å². The Morgan fingerprint density at radius 1 is 1.18 bits per heavy atom. The van der Waals surface area contributed by atoms with E-state index in [2.05, 4.69) is 13.8 Å². The van der Waals surface area contributed by atoms with Gasteiger partial charge in [0.1, 0.15) is 17.8 Å². The van der Waals surface area contributed by atoms with Gasteiger partial charge in [-0.25, -0.2) is 0 Å². The molecule has 0 atom stereocenters. The molecule has 0 N–H and O–H groups in total. The molecule has 17 heavy (non-hydrogen) atoms. The summed E-state index contributed by atoms with van der Waals surface area (Å²) in [7, 11) is 3.31. The van der Waals surface area contributed by atoms with Gasteiger partial charge in [0, 0.05) is 12.0 Å². The molecule has 94 valence electrons. The van der Waals surface area contributed by atoms with Crippen LogP contribution in [0.15, 0.2) is 12.1 Å². The summed E-state index contributed by atoms with van der Waals surface area (Å²) < 4.78 is 10.7. The zero-order valence-corrected chi connectivity index (χ0v) is 10.9. The van der Waals surface area contributed by atoms with E-state index in [9.17, 15) is 4.79 Å². The average molecular weight is 236 g/mol. The van der Waals surface area contributed by atoms with E-state index in [0.717, 1.165) is 28.9 Å². The molecule has 0 spiro atoms. The molecule has 0 aliphatic carbocycles. The van der Waals surface area contributed by atoms with Crippen molar-refractivity contribution in [2.24, 2.45) is 0 Å². The highest BCUT2D eigenvalue weighted by Gasteiger charge is 2.13. The van der Waals surface area contributed by atoms with E-state index in [1.54, 1.807) is 14.2 Å². The second-order valence-electron chi connectivity index (χ2n) is 4.27. The van der Waals surface area contributed by atoms with Crippen LogP contribution in [0.5, 0.6) is 11.5 Å². The van der Waals surface area contributed by atoms with E-state index in [1.165, 1.54) is 0 Å². The fraction of sp³-hybridized carbons (Fsp3) is 0.500. The molecule has 1 rings (SSSR count). The molecule has 0 unspecified atom stereocenters. The summed E-state index contributed by atoms with van der Waals surface area (Å²) in [6, 6.07) is 3.97. The Morgan fingerprint density at radius 3 is 2.29 bits per heavy atom. The fourth-order valence-electron chi connectivity index (χ4n) is 1.85. The number of aryl methyl sites for hydroxylation is 1. The first-order valence-corrected chi connectivity index (χ1v) is 5.82. The van der Waals surface area contributed by atoms with Gasteiger partial charge in [-0.2, -0.15) is 0 Å². The standard InChI is InChI=1S/C14H20O3/c1-10(2)12-9-13(16-3)11(6-5-7-15)8-14(12)17-4/h7-10H,5-6H2,1-4H3. The van der Waals surface area contributed by atoms with Gasteiger partial charge in [-0.05, 0) is 30.0 Å². The zero-order chi connectivity index (χ0) is 12.8. The van der Waals surface area contributed by atoms with E-state index in [1.807, 2.05) is 12.1 Å². The summed E-state index contributed by atoms with van der Waals surface area (Å²) in [5, 5.41) is 0. The van der Waals surface area contributed by atoms with Crippen LogP contribution in [0.2, 0.25) is 0 Å². The van der Waals surface area contributed by atoms with Crippen molar-refractivity contribution >= 4 is 6.29 Å². The van der Waals surface area contributed by atoms with Gasteiger partial charge in [0.25, 0.3) is 0 Å². The monoisotopic (exact) mass is 236 g/mol. The van der Waals surface area contributed by atoms with Gasteiger partial charge in [0.2, 0.25) is 0 Å². The second kappa shape index (κ2) is 6.28. The van der Waals surface area contributed by atoms with Crippen molar-refractivity contribution < 1.29 is 14.3 Å². The third kappa shape index (κ3) is 3.22. The minimum atomic E-state index is 0.374. The highest BCUT2D eigenvalue weighted by atomic mass is 16.5. The van der Waals surface area contributed by atoms with Crippen LogP contribution in [0, 0.1) is 0 Å². The van der Waals surface area contributed by atoms with Crippen LogP contribution in [0.4, 0.5) is 0 Å². The normalized spacial score (nSPS) is 10.4. The minimum Gasteiger partial charge on any atom is -0.496 e. The predicted molar refractivity (Wildman–Crippen MR) is 68.0 cm³/mol. The van der Waals surface area contributed by atoms with E-state index in [4.69, 9.17) is 9.47 Å². The number of rotatable bonds is 6. The highest BCUT2D eigenvalue weighted by molar-refractivity contribution is 5.53. The zero-order valence-electron chi connectivity index (χ0n) is 10.9. The van der Waals surface area contributed by atoms with Crippen LogP contribution in [0.1, 0.15) is 37.3 Å². The van der Waals surface area contributed by atoms with Gasteiger partial charge < -0.3 is 14.3 Å². The molecule has 0 radical (unpaired) electrons. The van der Waals surface area contributed by atoms with Gasteiger partial charge >= 0.3 is 0 Å².